The first-order valence-electron chi connectivity index (χ1n) is 8.80. The molecule has 0 saturated carbocycles. The monoisotopic (exact) mass is 401 g/mol. The van der Waals surface area contributed by atoms with Gasteiger partial charge in [-0.25, -0.2) is 0 Å². The summed E-state index contributed by atoms with van der Waals surface area (Å²) in [5, 5.41) is 0. The highest BCUT2D eigenvalue weighted by atomic mass is 79.9. The Labute approximate surface area is 163 Å². The maximum Gasteiger partial charge on any atom is 0.122 e. The van der Waals surface area contributed by atoms with Gasteiger partial charge in [0.05, 0.1) is 0 Å². The average molecular weight is 402 g/mol. The number of allylic oxidation sites excluding steroid dienone is 2. The lowest BCUT2D eigenvalue weighted by Gasteiger charge is -2.40. The largest absolute Gasteiger partial charge is 0.322 e. The second kappa shape index (κ2) is 7.35. The molecule has 0 unspecified atom stereocenters. The van der Waals surface area contributed by atoms with Crippen LogP contribution in [0.25, 0.3) is 5.57 Å². The van der Waals surface area contributed by atoms with Gasteiger partial charge in [0.15, 0.2) is 0 Å². The van der Waals surface area contributed by atoms with Gasteiger partial charge in [-0.15, -0.1) is 0 Å². The number of hydrogen-bond donors (Lipinski definition) is 0. The molecular formula is C24H20BrN. The molecule has 1 aliphatic carbocycles. The van der Waals surface area contributed by atoms with Crippen molar-refractivity contribution in [1.29, 1.82) is 0 Å². The van der Waals surface area contributed by atoms with Crippen molar-refractivity contribution in [3.63, 3.8) is 0 Å². The van der Waals surface area contributed by atoms with Crippen LogP contribution >= 0.6 is 15.9 Å². The highest BCUT2D eigenvalue weighted by molar-refractivity contribution is 9.10. The summed E-state index contributed by atoms with van der Waals surface area (Å²) in [6.07, 6.45) is 7.66. The van der Waals surface area contributed by atoms with Crippen molar-refractivity contribution in [1.82, 2.24) is 0 Å². The molecule has 0 saturated heterocycles. The minimum Gasteiger partial charge on any atom is -0.322 e. The first-order valence-corrected chi connectivity index (χ1v) is 9.60. The molecule has 0 bridgehead atoms. The van der Waals surface area contributed by atoms with Crippen LogP contribution in [0.1, 0.15) is 12.0 Å². The predicted octanol–water partition coefficient (Wildman–Crippen LogP) is 6.96. The molecule has 3 aromatic carbocycles. The maximum absolute atomic E-state index is 4.03. The van der Waals surface area contributed by atoms with Crippen molar-refractivity contribution < 1.29 is 0 Å². The fourth-order valence-electron chi connectivity index (χ4n) is 3.35. The van der Waals surface area contributed by atoms with Gasteiger partial charge in [0.25, 0.3) is 0 Å². The molecule has 128 valence electrons. The molecule has 2 heteroatoms. The van der Waals surface area contributed by atoms with E-state index in [1.807, 2.05) is 0 Å². The van der Waals surface area contributed by atoms with E-state index in [4.69, 9.17) is 0 Å². The number of hydrogen-bond acceptors (Lipinski definition) is 1. The van der Waals surface area contributed by atoms with Crippen LogP contribution in [0, 0.1) is 0 Å². The fraction of sp³-hybridized carbons (Fsp3) is 0.0833. The average Bonchev–Trinajstić information content (AvgIpc) is 2.71. The molecular weight excluding hydrogens is 382 g/mol. The molecule has 0 aromatic heterocycles. The summed E-state index contributed by atoms with van der Waals surface area (Å²) in [5.74, 6) is 0. The van der Waals surface area contributed by atoms with Crippen molar-refractivity contribution in [3.05, 3.63) is 115 Å². The Balaban J connectivity index is 1.71. The molecule has 0 N–H and O–H groups in total. The Morgan fingerprint density at radius 1 is 0.692 bits per heavy atom. The zero-order valence-electron chi connectivity index (χ0n) is 14.4. The lowest BCUT2D eigenvalue weighted by atomic mass is 9.95. The summed E-state index contributed by atoms with van der Waals surface area (Å²) in [5.41, 5.74) is 4.85. The third-order valence-corrected chi connectivity index (χ3v) is 5.58. The highest BCUT2D eigenvalue weighted by Crippen LogP contribution is 2.43. The zero-order chi connectivity index (χ0) is 17.8. The SMILES string of the molecule is Br[C@@]1(N(c2ccccc2)c2ccccc2)C=CC(c2ccccc2)=CC1. The van der Waals surface area contributed by atoms with Crippen LogP contribution in [0.4, 0.5) is 11.4 Å². The topological polar surface area (TPSA) is 3.24 Å². The summed E-state index contributed by atoms with van der Waals surface area (Å²) in [7, 11) is 0. The second-order valence-electron chi connectivity index (χ2n) is 6.39. The number of rotatable bonds is 4. The standard InChI is InChI=1S/C24H20BrN/c25-24(18-16-21(17-19-24)20-10-4-1-5-11-20)26(22-12-6-2-7-13-22)23-14-8-3-9-15-23/h1-18H,19H2/t24-/m1/s1. The van der Waals surface area contributed by atoms with Crippen LogP contribution in [0.2, 0.25) is 0 Å². The van der Waals surface area contributed by atoms with Crippen molar-refractivity contribution in [2.24, 2.45) is 0 Å². The molecule has 1 aliphatic rings. The van der Waals surface area contributed by atoms with E-state index >= 15 is 0 Å². The van der Waals surface area contributed by atoms with E-state index < -0.39 is 0 Å². The number of anilines is 2. The van der Waals surface area contributed by atoms with Crippen molar-refractivity contribution in [3.8, 4) is 0 Å². The molecule has 3 aromatic rings. The molecule has 0 aliphatic heterocycles. The Kier molecular flexibility index (Phi) is 4.77. The summed E-state index contributed by atoms with van der Waals surface area (Å²) < 4.78 is -0.298. The van der Waals surface area contributed by atoms with Crippen molar-refractivity contribution in [2.75, 3.05) is 4.90 Å². The van der Waals surface area contributed by atoms with Gasteiger partial charge in [0.1, 0.15) is 4.45 Å². The number of alkyl halides is 1. The Hall–Kier alpha value is -2.58. The molecule has 1 atom stereocenters. The van der Waals surface area contributed by atoms with Gasteiger partial charge >= 0.3 is 0 Å². The quantitative estimate of drug-likeness (QED) is 0.337. The van der Waals surface area contributed by atoms with E-state index in [1.54, 1.807) is 0 Å². The summed E-state index contributed by atoms with van der Waals surface area (Å²) in [6.45, 7) is 0. The van der Waals surface area contributed by atoms with E-state index in [-0.39, 0.29) is 4.45 Å². The highest BCUT2D eigenvalue weighted by Gasteiger charge is 2.33. The Morgan fingerprint density at radius 3 is 1.65 bits per heavy atom. The fourth-order valence-corrected chi connectivity index (χ4v) is 4.05. The van der Waals surface area contributed by atoms with Crippen LogP contribution in [0.15, 0.2) is 109 Å². The van der Waals surface area contributed by atoms with E-state index in [9.17, 15) is 0 Å². The molecule has 0 amide bonds. The second-order valence-corrected chi connectivity index (χ2v) is 7.76. The zero-order valence-corrected chi connectivity index (χ0v) is 16.0. The van der Waals surface area contributed by atoms with Gasteiger partial charge in [-0.3, -0.25) is 0 Å². The maximum atomic E-state index is 4.03. The van der Waals surface area contributed by atoms with Gasteiger partial charge in [-0.2, -0.15) is 0 Å². The van der Waals surface area contributed by atoms with E-state index in [0.29, 0.717) is 0 Å². The van der Waals surface area contributed by atoms with Crippen LogP contribution in [-0.4, -0.2) is 4.45 Å². The van der Waals surface area contributed by atoms with Gasteiger partial charge in [-0.1, -0.05) is 94.8 Å². The van der Waals surface area contributed by atoms with Gasteiger partial charge in [-0.05, 0) is 41.5 Å². The minimum absolute atomic E-state index is 0.298. The Morgan fingerprint density at radius 2 is 1.19 bits per heavy atom. The van der Waals surface area contributed by atoms with E-state index in [1.165, 1.54) is 11.1 Å². The van der Waals surface area contributed by atoms with E-state index in [0.717, 1.165) is 17.8 Å². The molecule has 1 nitrogen and oxygen atoms in total. The lowest BCUT2D eigenvalue weighted by molar-refractivity contribution is 0.741. The first-order chi connectivity index (χ1) is 12.8. The van der Waals surface area contributed by atoms with Gasteiger partial charge in [0, 0.05) is 17.8 Å². The first kappa shape index (κ1) is 16.9. The van der Waals surface area contributed by atoms with Crippen molar-refractivity contribution >= 4 is 32.9 Å². The number of para-hydroxylation sites is 2. The van der Waals surface area contributed by atoms with Gasteiger partial charge < -0.3 is 4.90 Å². The number of halogens is 1. The molecule has 26 heavy (non-hydrogen) atoms. The normalized spacial score (nSPS) is 19.0. The summed E-state index contributed by atoms with van der Waals surface area (Å²) in [6, 6.07) is 31.6. The molecule has 0 spiro atoms. The minimum atomic E-state index is -0.298. The Bertz CT molecular complexity index is 877. The number of nitrogens with zero attached hydrogens (tertiary/aromatic N) is 1. The van der Waals surface area contributed by atoms with Crippen LogP contribution in [-0.2, 0) is 0 Å². The molecule has 0 heterocycles. The molecule has 0 fully saturated rings. The lowest BCUT2D eigenvalue weighted by Crippen LogP contribution is -2.39. The summed E-state index contributed by atoms with van der Waals surface area (Å²) in [4.78, 5) is 2.35. The van der Waals surface area contributed by atoms with Gasteiger partial charge in [0.2, 0.25) is 0 Å². The van der Waals surface area contributed by atoms with E-state index in [2.05, 4.69) is 130 Å². The predicted molar refractivity (Wildman–Crippen MR) is 115 cm³/mol. The van der Waals surface area contributed by atoms with Crippen LogP contribution in [0.3, 0.4) is 0 Å². The third-order valence-electron chi connectivity index (χ3n) is 4.63. The summed E-state index contributed by atoms with van der Waals surface area (Å²) >= 11 is 4.03. The molecule has 4 rings (SSSR count). The smallest absolute Gasteiger partial charge is 0.122 e. The number of benzene rings is 3. The van der Waals surface area contributed by atoms with Crippen LogP contribution in [0.5, 0.6) is 0 Å². The third kappa shape index (κ3) is 3.38. The van der Waals surface area contributed by atoms with Crippen molar-refractivity contribution in [2.45, 2.75) is 10.9 Å². The van der Waals surface area contributed by atoms with Crippen LogP contribution < -0.4 is 4.90 Å². The molecule has 0 radical (unpaired) electrons.